The zero-order valence-electron chi connectivity index (χ0n) is 12.5. The topological polar surface area (TPSA) is 75.2 Å². The predicted molar refractivity (Wildman–Crippen MR) is 85.1 cm³/mol. The molecule has 1 aromatic heterocycles. The Hall–Kier alpha value is -2.82. The van der Waals surface area contributed by atoms with Gasteiger partial charge >= 0.3 is 5.97 Å². The first kappa shape index (κ1) is 15.6. The molecule has 22 heavy (non-hydrogen) atoms. The first-order chi connectivity index (χ1) is 10.6. The first-order valence-corrected chi connectivity index (χ1v) is 6.85. The van der Waals surface area contributed by atoms with E-state index in [9.17, 15) is 4.79 Å². The molecule has 0 saturated heterocycles. The number of ether oxygens (including phenoxy) is 1. The van der Waals surface area contributed by atoms with Crippen LogP contribution in [0.5, 0.6) is 5.75 Å². The van der Waals surface area contributed by atoms with Crippen LogP contribution in [0.3, 0.4) is 0 Å². The number of imidazole rings is 1. The zero-order chi connectivity index (χ0) is 15.9. The molecule has 2 N–H and O–H groups in total. The standard InChI is InChI=1S/C14H14O3.C3H4N2/c1-9(14(15)16)10-3-4-12-8-13(17-2)6-5-11(12)7-10;1-2-5-3-4-1/h3-9H,1-2H3,(H,15,16);1-3H,(H,4,5). The summed E-state index contributed by atoms with van der Waals surface area (Å²) in [7, 11) is 1.63. The highest BCUT2D eigenvalue weighted by Crippen LogP contribution is 2.25. The fraction of sp³-hybridized carbons (Fsp3) is 0.176. The summed E-state index contributed by atoms with van der Waals surface area (Å²) in [6, 6.07) is 11.4. The molecule has 0 aliphatic rings. The van der Waals surface area contributed by atoms with Gasteiger partial charge in [0.1, 0.15) is 5.75 Å². The zero-order valence-corrected chi connectivity index (χ0v) is 12.5. The van der Waals surface area contributed by atoms with Gasteiger partial charge in [-0.3, -0.25) is 4.79 Å². The Morgan fingerprint density at radius 3 is 2.50 bits per heavy atom. The second-order valence-electron chi connectivity index (χ2n) is 4.79. The lowest BCUT2D eigenvalue weighted by Crippen LogP contribution is -2.06. The number of aromatic nitrogens is 2. The number of hydrogen-bond donors (Lipinski definition) is 2. The normalized spacial score (nSPS) is 11.4. The highest BCUT2D eigenvalue weighted by atomic mass is 16.5. The Morgan fingerprint density at radius 1 is 1.23 bits per heavy atom. The predicted octanol–water partition coefficient (Wildman–Crippen LogP) is 3.45. The third kappa shape index (κ3) is 3.85. The number of hydrogen-bond acceptors (Lipinski definition) is 3. The molecule has 114 valence electrons. The Morgan fingerprint density at radius 2 is 1.95 bits per heavy atom. The number of fused-ring (bicyclic) bond motifs is 1. The SMILES string of the molecule is COc1ccc2cc(C(C)C(=O)O)ccc2c1.c1c[nH]cn1. The number of nitrogens with zero attached hydrogens (tertiary/aromatic N) is 1. The second-order valence-corrected chi connectivity index (χ2v) is 4.79. The Kier molecular flexibility index (Phi) is 5.14. The van der Waals surface area contributed by atoms with Gasteiger partial charge in [0.05, 0.1) is 19.4 Å². The van der Waals surface area contributed by atoms with E-state index in [1.165, 1.54) is 0 Å². The van der Waals surface area contributed by atoms with Gasteiger partial charge < -0.3 is 14.8 Å². The number of carbonyl (C=O) groups is 1. The van der Waals surface area contributed by atoms with E-state index in [0.29, 0.717) is 0 Å². The van der Waals surface area contributed by atoms with E-state index >= 15 is 0 Å². The van der Waals surface area contributed by atoms with E-state index in [-0.39, 0.29) is 0 Å². The number of nitrogens with one attached hydrogen (secondary N) is 1. The van der Waals surface area contributed by atoms with E-state index in [2.05, 4.69) is 9.97 Å². The van der Waals surface area contributed by atoms with Crippen molar-refractivity contribution in [1.29, 1.82) is 0 Å². The summed E-state index contributed by atoms with van der Waals surface area (Å²) in [6.07, 6.45) is 5.08. The summed E-state index contributed by atoms with van der Waals surface area (Å²) in [5, 5.41) is 11.0. The molecule has 1 atom stereocenters. The van der Waals surface area contributed by atoms with Crippen molar-refractivity contribution in [3.8, 4) is 5.75 Å². The van der Waals surface area contributed by atoms with E-state index < -0.39 is 11.9 Å². The maximum absolute atomic E-state index is 10.9. The van der Waals surface area contributed by atoms with Crippen molar-refractivity contribution in [3.63, 3.8) is 0 Å². The smallest absolute Gasteiger partial charge is 0.310 e. The minimum Gasteiger partial charge on any atom is -0.497 e. The lowest BCUT2D eigenvalue weighted by molar-refractivity contribution is -0.138. The lowest BCUT2D eigenvalue weighted by atomic mass is 9.98. The third-order valence-electron chi connectivity index (χ3n) is 3.35. The largest absolute Gasteiger partial charge is 0.497 e. The third-order valence-corrected chi connectivity index (χ3v) is 3.35. The maximum atomic E-state index is 10.9. The Balaban J connectivity index is 0.000000299. The van der Waals surface area contributed by atoms with Gasteiger partial charge in [-0.2, -0.15) is 0 Å². The van der Waals surface area contributed by atoms with Crippen LogP contribution in [0.25, 0.3) is 10.8 Å². The lowest BCUT2D eigenvalue weighted by Gasteiger charge is -2.08. The van der Waals surface area contributed by atoms with Gasteiger partial charge in [-0.05, 0) is 35.4 Å². The van der Waals surface area contributed by atoms with Crippen LogP contribution in [0.1, 0.15) is 18.4 Å². The Bertz CT molecular complexity index is 722. The minimum absolute atomic E-state index is 0.485. The fourth-order valence-electron chi connectivity index (χ4n) is 2.00. The van der Waals surface area contributed by atoms with E-state index in [0.717, 1.165) is 22.1 Å². The molecule has 0 amide bonds. The molecule has 2 aromatic carbocycles. The van der Waals surface area contributed by atoms with E-state index in [1.54, 1.807) is 32.8 Å². The molecule has 1 heterocycles. The first-order valence-electron chi connectivity index (χ1n) is 6.85. The van der Waals surface area contributed by atoms with Gasteiger partial charge in [-0.1, -0.05) is 24.3 Å². The van der Waals surface area contributed by atoms with Crippen molar-refractivity contribution in [2.45, 2.75) is 12.8 Å². The molecule has 0 fully saturated rings. The van der Waals surface area contributed by atoms with Gasteiger partial charge in [0.15, 0.2) is 0 Å². The van der Waals surface area contributed by atoms with Crippen molar-refractivity contribution >= 4 is 16.7 Å². The fourth-order valence-corrected chi connectivity index (χ4v) is 2.00. The number of benzene rings is 2. The number of rotatable bonds is 3. The number of aromatic amines is 1. The molecule has 0 saturated carbocycles. The highest BCUT2D eigenvalue weighted by molar-refractivity contribution is 5.86. The molecule has 3 aromatic rings. The van der Waals surface area contributed by atoms with Crippen molar-refractivity contribution in [1.82, 2.24) is 9.97 Å². The average Bonchev–Trinajstić information content (AvgIpc) is 3.12. The van der Waals surface area contributed by atoms with Crippen molar-refractivity contribution in [2.24, 2.45) is 0 Å². The summed E-state index contributed by atoms with van der Waals surface area (Å²) in [6.45, 7) is 1.69. The van der Waals surface area contributed by atoms with Crippen LogP contribution in [0.15, 0.2) is 55.1 Å². The van der Waals surface area contributed by atoms with Crippen molar-refractivity contribution in [2.75, 3.05) is 7.11 Å². The summed E-state index contributed by atoms with van der Waals surface area (Å²) >= 11 is 0. The summed E-state index contributed by atoms with van der Waals surface area (Å²) in [4.78, 5) is 17.3. The molecular formula is C17H18N2O3. The number of carboxylic acids is 1. The van der Waals surface area contributed by atoms with E-state index in [1.807, 2.05) is 36.4 Å². The molecule has 5 nitrogen and oxygen atoms in total. The van der Waals surface area contributed by atoms with Crippen molar-refractivity contribution in [3.05, 3.63) is 60.7 Å². The van der Waals surface area contributed by atoms with Gasteiger partial charge in [0, 0.05) is 12.4 Å². The minimum atomic E-state index is -0.808. The quantitative estimate of drug-likeness (QED) is 0.776. The molecular weight excluding hydrogens is 280 g/mol. The molecule has 5 heteroatoms. The van der Waals surface area contributed by atoms with Crippen LogP contribution in [-0.2, 0) is 4.79 Å². The van der Waals surface area contributed by atoms with Crippen LogP contribution in [0.2, 0.25) is 0 Å². The number of methoxy groups -OCH3 is 1. The van der Waals surface area contributed by atoms with Crippen LogP contribution < -0.4 is 4.74 Å². The molecule has 0 aliphatic heterocycles. The Labute approximate surface area is 128 Å². The second kappa shape index (κ2) is 7.26. The average molecular weight is 298 g/mol. The molecule has 0 spiro atoms. The number of aliphatic carboxylic acids is 1. The van der Waals surface area contributed by atoms with Gasteiger partial charge in [0.25, 0.3) is 0 Å². The highest BCUT2D eigenvalue weighted by Gasteiger charge is 2.13. The molecule has 0 bridgehead atoms. The summed E-state index contributed by atoms with van der Waals surface area (Å²) in [5.41, 5.74) is 0.815. The van der Waals surface area contributed by atoms with Gasteiger partial charge in [0.2, 0.25) is 0 Å². The van der Waals surface area contributed by atoms with E-state index in [4.69, 9.17) is 9.84 Å². The molecule has 0 aliphatic carbocycles. The summed E-state index contributed by atoms with van der Waals surface area (Å²) in [5.74, 6) is -0.490. The number of carboxylic acid groups (broad SMARTS) is 1. The maximum Gasteiger partial charge on any atom is 0.310 e. The molecule has 1 unspecified atom stereocenters. The van der Waals surface area contributed by atoms with Crippen LogP contribution in [0, 0.1) is 0 Å². The van der Waals surface area contributed by atoms with Crippen LogP contribution in [0.4, 0.5) is 0 Å². The molecule has 3 rings (SSSR count). The monoisotopic (exact) mass is 298 g/mol. The molecule has 0 radical (unpaired) electrons. The number of H-pyrrole nitrogens is 1. The van der Waals surface area contributed by atoms with Crippen LogP contribution >= 0.6 is 0 Å². The van der Waals surface area contributed by atoms with Crippen LogP contribution in [-0.4, -0.2) is 28.2 Å². The van der Waals surface area contributed by atoms with Gasteiger partial charge in [-0.25, -0.2) is 4.98 Å². The van der Waals surface area contributed by atoms with Gasteiger partial charge in [-0.15, -0.1) is 0 Å². The summed E-state index contributed by atoms with van der Waals surface area (Å²) < 4.78 is 5.14. The van der Waals surface area contributed by atoms with Crippen molar-refractivity contribution < 1.29 is 14.6 Å².